The van der Waals surface area contributed by atoms with Crippen LogP contribution in [0.25, 0.3) is 0 Å². The normalized spacial score (nSPS) is 15.3. The van der Waals surface area contributed by atoms with Crippen molar-refractivity contribution in [3.05, 3.63) is 42.0 Å². The first-order valence-corrected chi connectivity index (χ1v) is 9.43. The molecule has 7 heteroatoms. The van der Waals surface area contributed by atoms with Crippen LogP contribution in [0.15, 0.2) is 35.5 Å². The van der Waals surface area contributed by atoms with Gasteiger partial charge in [0.2, 0.25) is 10.0 Å². The first-order chi connectivity index (χ1) is 11.0. The first-order valence-electron chi connectivity index (χ1n) is 7.95. The van der Waals surface area contributed by atoms with Gasteiger partial charge in [0.25, 0.3) is 0 Å². The Morgan fingerprint density at radius 1 is 1.26 bits per heavy atom. The van der Waals surface area contributed by atoms with E-state index in [0.29, 0.717) is 29.8 Å². The van der Waals surface area contributed by atoms with Gasteiger partial charge in [-0.05, 0) is 36.5 Å². The average Bonchev–Trinajstić information content (AvgIpc) is 3.27. The van der Waals surface area contributed by atoms with Crippen LogP contribution < -0.4 is 4.72 Å². The number of nitrogens with one attached hydrogen (secondary N) is 1. The molecule has 1 saturated carbocycles. The van der Waals surface area contributed by atoms with E-state index in [9.17, 15) is 8.42 Å². The molecule has 124 valence electrons. The zero-order chi connectivity index (χ0) is 16.4. The van der Waals surface area contributed by atoms with E-state index in [1.54, 1.807) is 18.5 Å². The maximum atomic E-state index is 12.3. The molecule has 3 rings (SSSR count). The van der Waals surface area contributed by atoms with E-state index in [-0.39, 0.29) is 0 Å². The second kappa shape index (κ2) is 6.41. The zero-order valence-electron chi connectivity index (χ0n) is 13.4. The lowest BCUT2D eigenvalue weighted by Gasteiger charge is -2.09. The number of nitrogens with zero attached hydrogens (tertiary/aromatic N) is 3. The van der Waals surface area contributed by atoms with Gasteiger partial charge in [-0.3, -0.25) is 0 Å². The third-order valence-electron chi connectivity index (χ3n) is 4.09. The van der Waals surface area contributed by atoms with E-state index in [1.165, 1.54) is 0 Å². The summed E-state index contributed by atoms with van der Waals surface area (Å²) in [5.74, 6) is 1.22. The number of benzene rings is 1. The SMILES string of the molecule is CC(C)c1ccc(S(=O)(=O)NCCc2nncn2C2CC2)cc1. The van der Waals surface area contributed by atoms with Crippen molar-refractivity contribution in [2.24, 2.45) is 0 Å². The molecule has 0 unspecified atom stereocenters. The van der Waals surface area contributed by atoms with Crippen molar-refractivity contribution in [2.75, 3.05) is 6.54 Å². The third kappa shape index (κ3) is 3.79. The monoisotopic (exact) mass is 334 g/mol. The van der Waals surface area contributed by atoms with Gasteiger partial charge in [0.05, 0.1) is 4.90 Å². The molecule has 0 amide bonds. The molecule has 1 aromatic heterocycles. The van der Waals surface area contributed by atoms with Crippen molar-refractivity contribution in [2.45, 2.75) is 50.0 Å². The molecule has 1 N–H and O–H groups in total. The molecule has 1 aliphatic carbocycles. The highest BCUT2D eigenvalue weighted by molar-refractivity contribution is 7.89. The number of sulfonamides is 1. The highest BCUT2D eigenvalue weighted by Crippen LogP contribution is 2.35. The minimum Gasteiger partial charge on any atom is -0.314 e. The van der Waals surface area contributed by atoms with E-state index in [1.807, 2.05) is 16.7 Å². The van der Waals surface area contributed by atoms with Crippen LogP contribution >= 0.6 is 0 Å². The smallest absolute Gasteiger partial charge is 0.240 e. The van der Waals surface area contributed by atoms with Crippen molar-refractivity contribution < 1.29 is 8.42 Å². The van der Waals surface area contributed by atoms with Gasteiger partial charge in [0.15, 0.2) is 0 Å². The van der Waals surface area contributed by atoms with Gasteiger partial charge < -0.3 is 4.57 Å². The van der Waals surface area contributed by atoms with Crippen molar-refractivity contribution in [1.82, 2.24) is 19.5 Å². The zero-order valence-corrected chi connectivity index (χ0v) is 14.3. The molecule has 0 atom stereocenters. The molecule has 2 aromatic rings. The largest absolute Gasteiger partial charge is 0.314 e. The Hall–Kier alpha value is -1.73. The molecule has 1 fully saturated rings. The van der Waals surface area contributed by atoms with Crippen LogP contribution in [0.3, 0.4) is 0 Å². The summed E-state index contributed by atoms with van der Waals surface area (Å²) in [6, 6.07) is 7.54. The highest BCUT2D eigenvalue weighted by atomic mass is 32.2. The van der Waals surface area contributed by atoms with Gasteiger partial charge in [-0.15, -0.1) is 10.2 Å². The summed E-state index contributed by atoms with van der Waals surface area (Å²) in [5, 5.41) is 8.00. The summed E-state index contributed by atoms with van der Waals surface area (Å²) in [6.45, 7) is 4.48. The molecule has 23 heavy (non-hydrogen) atoms. The van der Waals surface area contributed by atoms with Crippen molar-refractivity contribution >= 4 is 10.0 Å². The van der Waals surface area contributed by atoms with Crippen LogP contribution in [0.1, 0.15) is 50.0 Å². The van der Waals surface area contributed by atoms with Crippen molar-refractivity contribution in [3.8, 4) is 0 Å². The molecule has 6 nitrogen and oxygen atoms in total. The molecule has 0 bridgehead atoms. The maximum Gasteiger partial charge on any atom is 0.240 e. The summed E-state index contributed by atoms with van der Waals surface area (Å²) in [5.41, 5.74) is 1.13. The standard InChI is InChI=1S/C16H22N4O2S/c1-12(2)13-3-7-15(8-4-13)23(21,22)18-10-9-16-19-17-11-20(16)14-5-6-14/h3-4,7-8,11-12,14,18H,5-6,9-10H2,1-2H3. The van der Waals surface area contributed by atoms with Crippen LogP contribution in [-0.4, -0.2) is 29.7 Å². The number of aromatic nitrogens is 3. The van der Waals surface area contributed by atoms with Gasteiger partial charge in [-0.2, -0.15) is 0 Å². The Bertz CT molecular complexity index is 762. The van der Waals surface area contributed by atoms with Gasteiger partial charge >= 0.3 is 0 Å². The van der Waals surface area contributed by atoms with Crippen LogP contribution in [-0.2, 0) is 16.4 Å². The van der Waals surface area contributed by atoms with Gasteiger partial charge in [-0.25, -0.2) is 13.1 Å². The topological polar surface area (TPSA) is 76.9 Å². The lowest BCUT2D eigenvalue weighted by Crippen LogP contribution is -2.26. The van der Waals surface area contributed by atoms with Crippen molar-refractivity contribution in [1.29, 1.82) is 0 Å². The van der Waals surface area contributed by atoms with E-state index in [4.69, 9.17) is 0 Å². The third-order valence-corrected chi connectivity index (χ3v) is 5.56. The minimum atomic E-state index is -3.48. The molecular formula is C16H22N4O2S. The van der Waals surface area contributed by atoms with Crippen LogP contribution in [0.5, 0.6) is 0 Å². The quantitative estimate of drug-likeness (QED) is 0.842. The van der Waals surface area contributed by atoms with Gasteiger partial charge in [0.1, 0.15) is 12.2 Å². The Morgan fingerprint density at radius 2 is 1.96 bits per heavy atom. The van der Waals surface area contributed by atoms with E-state index in [2.05, 4.69) is 28.8 Å². The summed E-state index contributed by atoms with van der Waals surface area (Å²) >= 11 is 0. The minimum absolute atomic E-state index is 0.297. The summed E-state index contributed by atoms with van der Waals surface area (Å²) in [4.78, 5) is 0.297. The van der Waals surface area contributed by atoms with Crippen LogP contribution in [0, 0.1) is 0 Å². The molecule has 1 aromatic carbocycles. The molecule has 0 saturated heterocycles. The summed E-state index contributed by atoms with van der Waals surface area (Å²) in [6.07, 6.45) is 4.57. The predicted octanol–water partition coefficient (Wildman–Crippen LogP) is 2.26. The number of hydrogen-bond acceptors (Lipinski definition) is 4. The fourth-order valence-electron chi connectivity index (χ4n) is 2.52. The Morgan fingerprint density at radius 3 is 2.57 bits per heavy atom. The lowest BCUT2D eigenvalue weighted by atomic mass is 10.0. The Kier molecular flexibility index (Phi) is 4.50. The highest BCUT2D eigenvalue weighted by Gasteiger charge is 2.26. The number of rotatable bonds is 7. The second-order valence-corrected chi connectivity index (χ2v) is 8.02. The molecule has 0 aliphatic heterocycles. The first kappa shape index (κ1) is 16.1. The van der Waals surface area contributed by atoms with Gasteiger partial charge in [-0.1, -0.05) is 26.0 Å². The van der Waals surface area contributed by atoms with E-state index >= 15 is 0 Å². The van der Waals surface area contributed by atoms with E-state index < -0.39 is 10.0 Å². The average molecular weight is 334 g/mol. The molecule has 1 aliphatic rings. The van der Waals surface area contributed by atoms with Crippen LogP contribution in [0.2, 0.25) is 0 Å². The van der Waals surface area contributed by atoms with Crippen molar-refractivity contribution in [3.63, 3.8) is 0 Å². The fourth-order valence-corrected chi connectivity index (χ4v) is 3.55. The fraction of sp³-hybridized carbons (Fsp3) is 0.500. The summed E-state index contributed by atoms with van der Waals surface area (Å²) in [7, 11) is -3.48. The second-order valence-electron chi connectivity index (χ2n) is 6.26. The molecule has 0 spiro atoms. The molecule has 1 heterocycles. The molecular weight excluding hydrogens is 312 g/mol. The lowest BCUT2D eigenvalue weighted by molar-refractivity contribution is 0.578. The predicted molar refractivity (Wildman–Crippen MR) is 87.7 cm³/mol. The maximum absolute atomic E-state index is 12.3. The summed E-state index contributed by atoms with van der Waals surface area (Å²) < 4.78 is 29.3. The Balaban J connectivity index is 1.61. The van der Waals surface area contributed by atoms with E-state index in [0.717, 1.165) is 24.2 Å². The van der Waals surface area contributed by atoms with Crippen LogP contribution in [0.4, 0.5) is 0 Å². The van der Waals surface area contributed by atoms with Gasteiger partial charge in [0, 0.05) is 19.0 Å². The molecule has 0 radical (unpaired) electrons. The Labute approximate surface area is 137 Å². The number of hydrogen-bond donors (Lipinski definition) is 1.